The molecule has 3 aliphatic heterocycles. The number of nitrogens with zero attached hydrogens (tertiary/aromatic N) is 1. The van der Waals surface area contributed by atoms with E-state index in [9.17, 15) is 0 Å². The van der Waals surface area contributed by atoms with Crippen molar-refractivity contribution in [3.63, 3.8) is 0 Å². The second-order valence-corrected chi connectivity index (χ2v) is 4.68. The van der Waals surface area contributed by atoms with Crippen molar-refractivity contribution >= 4 is 5.69 Å². The van der Waals surface area contributed by atoms with E-state index in [0.717, 1.165) is 31.1 Å². The minimum absolute atomic E-state index is 0.238. The fourth-order valence-electron chi connectivity index (χ4n) is 2.99. The molecular formula is C12H15N3O. The van der Waals surface area contributed by atoms with E-state index in [-0.39, 0.29) is 6.23 Å². The van der Waals surface area contributed by atoms with E-state index in [0.29, 0.717) is 12.1 Å². The minimum Gasteiger partial charge on any atom is -0.471 e. The lowest BCUT2D eigenvalue weighted by Gasteiger charge is -2.58. The third kappa shape index (κ3) is 1.06. The van der Waals surface area contributed by atoms with Gasteiger partial charge in [0.1, 0.15) is 5.75 Å². The Morgan fingerprint density at radius 2 is 2.25 bits per heavy atom. The summed E-state index contributed by atoms with van der Waals surface area (Å²) in [6.45, 7) is 3.24. The number of para-hydroxylation sites is 2. The van der Waals surface area contributed by atoms with Crippen LogP contribution in [0, 0.1) is 0 Å². The highest BCUT2D eigenvalue weighted by molar-refractivity contribution is 5.59. The zero-order valence-corrected chi connectivity index (χ0v) is 9.02. The van der Waals surface area contributed by atoms with Crippen LogP contribution in [0.15, 0.2) is 24.3 Å². The Kier molecular flexibility index (Phi) is 1.72. The van der Waals surface area contributed by atoms with Gasteiger partial charge in [-0.15, -0.1) is 0 Å². The molecular weight excluding hydrogens is 202 g/mol. The number of rotatable bonds is 0. The lowest BCUT2D eigenvalue weighted by atomic mass is 9.90. The lowest BCUT2D eigenvalue weighted by molar-refractivity contribution is -0.127. The van der Waals surface area contributed by atoms with Crippen LogP contribution in [0.4, 0.5) is 5.69 Å². The van der Waals surface area contributed by atoms with Crippen molar-refractivity contribution in [2.24, 2.45) is 0 Å². The minimum atomic E-state index is 0.238. The summed E-state index contributed by atoms with van der Waals surface area (Å²) in [4.78, 5) is 2.45. The molecule has 4 nitrogen and oxygen atoms in total. The molecule has 4 heteroatoms. The van der Waals surface area contributed by atoms with E-state index in [1.54, 1.807) is 0 Å². The van der Waals surface area contributed by atoms with E-state index < -0.39 is 0 Å². The molecule has 1 aromatic carbocycles. The van der Waals surface area contributed by atoms with Gasteiger partial charge >= 0.3 is 0 Å². The second-order valence-electron chi connectivity index (χ2n) is 4.68. The van der Waals surface area contributed by atoms with Crippen molar-refractivity contribution in [3.8, 4) is 5.75 Å². The summed E-state index contributed by atoms with van der Waals surface area (Å²) in [6.07, 6.45) is 0.238. The van der Waals surface area contributed by atoms with Crippen molar-refractivity contribution in [2.75, 3.05) is 25.0 Å². The number of anilines is 1. The SMILES string of the molecule is c1ccc2c(c1)NC1C3CNCCN3C1O2. The Morgan fingerprint density at radius 3 is 3.25 bits per heavy atom. The van der Waals surface area contributed by atoms with Gasteiger partial charge in [0.15, 0.2) is 6.23 Å². The van der Waals surface area contributed by atoms with E-state index >= 15 is 0 Å². The van der Waals surface area contributed by atoms with Crippen LogP contribution in [-0.4, -0.2) is 42.8 Å². The molecule has 3 heterocycles. The van der Waals surface area contributed by atoms with E-state index in [4.69, 9.17) is 4.74 Å². The third-order valence-corrected chi connectivity index (χ3v) is 3.83. The molecule has 16 heavy (non-hydrogen) atoms. The van der Waals surface area contributed by atoms with Crippen LogP contribution >= 0.6 is 0 Å². The molecule has 2 saturated heterocycles. The maximum absolute atomic E-state index is 6.04. The quantitative estimate of drug-likeness (QED) is 0.662. The molecule has 2 N–H and O–H groups in total. The van der Waals surface area contributed by atoms with Gasteiger partial charge in [-0.2, -0.15) is 0 Å². The van der Waals surface area contributed by atoms with E-state index in [2.05, 4.69) is 21.6 Å². The van der Waals surface area contributed by atoms with Crippen LogP contribution < -0.4 is 15.4 Å². The number of ether oxygens (including phenoxy) is 1. The monoisotopic (exact) mass is 217 g/mol. The van der Waals surface area contributed by atoms with Gasteiger partial charge in [0, 0.05) is 19.6 Å². The second kappa shape index (κ2) is 3.12. The lowest BCUT2D eigenvalue weighted by Crippen LogP contribution is -2.78. The topological polar surface area (TPSA) is 36.5 Å². The van der Waals surface area contributed by atoms with Crippen LogP contribution in [0.2, 0.25) is 0 Å². The van der Waals surface area contributed by atoms with Crippen LogP contribution in [0.1, 0.15) is 0 Å². The Bertz CT molecular complexity index is 383. The van der Waals surface area contributed by atoms with Gasteiger partial charge in [-0.1, -0.05) is 12.1 Å². The number of hydrogen-bond donors (Lipinski definition) is 2. The summed E-state index contributed by atoms with van der Waals surface area (Å²) < 4.78 is 6.04. The molecule has 0 spiro atoms. The first-order valence-corrected chi connectivity index (χ1v) is 5.92. The predicted octanol–water partition coefficient (Wildman–Crippen LogP) is 0.473. The van der Waals surface area contributed by atoms with Gasteiger partial charge in [0.2, 0.25) is 0 Å². The zero-order chi connectivity index (χ0) is 10.5. The molecule has 0 radical (unpaired) electrons. The van der Waals surface area contributed by atoms with Crippen molar-refractivity contribution in [1.29, 1.82) is 0 Å². The Labute approximate surface area is 94.6 Å². The summed E-state index contributed by atoms with van der Waals surface area (Å²) in [5, 5.41) is 7.02. The van der Waals surface area contributed by atoms with Crippen molar-refractivity contribution in [3.05, 3.63) is 24.3 Å². The maximum atomic E-state index is 6.04. The Hall–Kier alpha value is -1.26. The molecule has 4 rings (SSSR count). The van der Waals surface area contributed by atoms with Gasteiger partial charge < -0.3 is 15.4 Å². The highest BCUT2D eigenvalue weighted by Gasteiger charge is 2.52. The van der Waals surface area contributed by atoms with Crippen LogP contribution in [-0.2, 0) is 0 Å². The average molecular weight is 217 g/mol. The largest absolute Gasteiger partial charge is 0.471 e. The Morgan fingerprint density at radius 1 is 1.31 bits per heavy atom. The molecule has 3 aliphatic rings. The van der Waals surface area contributed by atoms with Gasteiger partial charge in [-0.25, -0.2) is 0 Å². The summed E-state index contributed by atoms with van der Waals surface area (Å²) in [5.41, 5.74) is 1.13. The van der Waals surface area contributed by atoms with Gasteiger partial charge in [0.25, 0.3) is 0 Å². The molecule has 0 saturated carbocycles. The summed E-state index contributed by atoms with van der Waals surface area (Å²) in [6, 6.07) is 9.23. The fourth-order valence-corrected chi connectivity index (χ4v) is 2.99. The standard InChI is InChI=1S/C12H15N3O/c1-2-4-10-8(3-1)14-11-9-7-13-5-6-15(9)12(11)16-10/h1-4,9,11-14H,5-7H2. The van der Waals surface area contributed by atoms with Crippen LogP contribution in [0.3, 0.4) is 0 Å². The normalized spacial score (nSPS) is 35.9. The summed E-state index contributed by atoms with van der Waals surface area (Å²) >= 11 is 0. The maximum Gasteiger partial charge on any atom is 0.175 e. The molecule has 3 atom stereocenters. The van der Waals surface area contributed by atoms with Crippen molar-refractivity contribution < 1.29 is 4.74 Å². The first kappa shape index (κ1) is 8.84. The highest BCUT2D eigenvalue weighted by Crippen LogP contribution is 2.39. The predicted molar refractivity (Wildman–Crippen MR) is 61.6 cm³/mol. The molecule has 2 fully saturated rings. The molecule has 0 bridgehead atoms. The molecule has 1 aromatic rings. The summed E-state index contributed by atoms with van der Waals surface area (Å²) in [5.74, 6) is 0.987. The molecule has 84 valence electrons. The Balaban J connectivity index is 1.65. The number of fused-ring (bicyclic) bond motifs is 5. The number of benzene rings is 1. The van der Waals surface area contributed by atoms with Crippen LogP contribution in [0.25, 0.3) is 0 Å². The first-order chi connectivity index (χ1) is 7.93. The van der Waals surface area contributed by atoms with Crippen LogP contribution in [0.5, 0.6) is 5.75 Å². The van der Waals surface area contributed by atoms with Gasteiger partial charge in [0.05, 0.1) is 17.8 Å². The number of hydrogen-bond acceptors (Lipinski definition) is 4. The smallest absolute Gasteiger partial charge is 0.175 e. The third-order valence-electron chi connectivity index (χ3n) is 3.83. The highest BCUT2D eigenvalue weighted by atomic mass is 16.5. The zero-order valence-electron chi connectivity index (χ0n) is 9.02. The van der Waals surface area contributed by atoms with Gasteiger partial charge in [-0.3, -0.25) is 4.90 Å². The molecule has 3 unspecified atom stereocenters. The van der Waals surface area contributed by atoms with Crippen molar-refractivity contribution in [2.45, 2.75) is 18.3 Å². The first-order valence-electron chi connectivity index (χ1n) is 5.92. The number of nitrogens with one attached hydrogen (secondary N) is 2. The van der Waals surface area contributed by atoms with Gasteiger partial charge in [-0.05, 0) is 12.1 Å². The van der Waals surface area contributed by atoms with E-state index in [1.807, 2.05) is 18.2 Å². The fraction of sp³-hybridized carbons (Fsp3) is 0.500. The molecule has 0 aliphatic carbocycles. The van der Waals surface area contributed by atoms with Crippen molar-refractivity contribution in [1.82, 2.24) is 10.2 Å². The number of piperazine rings is 1. The summed E-state index contributed by atoms with van der Waals surface area (Å²) in [7, 11) is 0. The molecule has 0 amide bonds. The van der Waals surface area contributed by atoms with E-state index in [1.165, 1.54) is 0 Å². The average Bonchev–Trinajstić information content (AvgIpc) is 2.35. The molecule has 0 aromatic heterocycles.